The minimum atomic E-state index is -0.380. The Morgan fingerprint density at radius 3 is 2.27 bits per heavy atom. The molecule has 0 aromatic heterocycles. The van der Waals surface area contributed by atoms with Crippen LogP contribution >= 0.6 is 15.9 Å². The van der Waals surface area contributed by atoms with Crippen LogP contribution in [0.2, 0.25) is 0 Å². The summed E-state index contributed by atoms with van der Waals surface area (Å²) in [6.07, 6.45) is 0. The molecular weight excluding hydrogens is 260 g/mol. The van der Waals surface area contributed by atoms with E-state index in [0.717, 1.165) is 5.56 Å². The number of ketones is 1. The number of ether oxygens (including phenoxy) is 1. The van der Waals surface area contributed by atoms with E-state index in [-0.39, 0.29) is 11.8 Å². The molecule has 1 rings (SSSR count). The lowest BCUT2D eigenvalue weighted by atomic mass is 10.1. The van der Waals surface area contributed by atoms with Crippen molar-refractivity contribution in [1.82, 2.24) is 0 Å². The Labute approximate surface area is 96.6 Å². The summed E-state index contributed by atoms with van der Waals surface area (Å²) in [6.45, 7) is 4.62. The van der Waals surface area contributed by atoms with Crippen molar-refractivity contribution in [2.24, 2.45) is 0 Å². The SMILES string of the molecule is CC(=O)Oc1c(C)cc(C(C)=O)cc1Br. The highest BCUT2D eigenvalue weighted by Crippen LogP contribution is 2.30. The molecule has 0 spiro atoms. The van der Waals surface area contributed by atoms with Gasteiger partial charge in [-0.1, -0.05) is 0 Å². The molecular formula is C11H11BrO3. The van der Waals surface area contributed by atoms with Crippen LogP contribution in [-0.2, 0) is 4.79 Å². The normalized spacial score (nSPS) is 9.87. The average molecular weight is 271 g/mol. The van der Waals surface area contributed by atoms with Gasteiger partial charge in [0.25, 0.3) is 0 Å². The largest absolute Gasteiger partial charge is 0.425 e. The fourth-order valence-corrected chi connectivity index (χ4v) is 1.85. The quantitative estimate of drug-likeness (QED) is 0.472. The zero-order chi connectivity index (χ0) is 11.6. The standard InChI is InChI=1S/C11H11BrO3/c1-6-4-9(7(2)13)5-10(12)11(6)15-8(3)14/h4-5H,1-3H3. The van der Waals surface area contributed by atoms with Crippen molar-refractivity contribution in [3.8, 4) is 5.75 Å². The van der Waals surface area contributed by atoms with Crippen LogP contribution < -0.4 is 4.74 Å². The van der Waals surface area contributed by atoms with Crippen molar-refractivity contribution in [2.75, 3.05) is 0 Å². The fourth-order valence-electron chi connectivity index (χ4n) is 1.21. The number of Topliss-reactive ketones (excluding diaryl/α,β-unsaturated/α-hetero) is 1. The lowest BCUT2D eigenvalue weighted by Crippen LogP contribution is -2.04. The topological polar surface area (TPSA) is 43.4 Å². The third-order valence-electron chi connectivity index (χ3n) is 1.88. The molecule has 80 valence electrons. The lowest BCUT2D eigenvalue weighted by molar-refractivity contribution is -0.131. The van der Waals surface area contributed by atoms with E-state index < -0.39 is 0 Å². The van der Waals surface area contributed by atoms with E-state index in [1.807, 2.05) is 0 Å². The minimum Gasteiger partial charge on any atom is -0.425 e. The predicted molar refractivity (Wildman–Crippen MR) is 60.2 cm³/mol. The van der Waals surface area contributed by atoms with Crippen molar-refractivity contribution >= 4 is 27.7 Å². The van der Waals surface area contributed by atoms with Gasteiger partial charge < -0.3 is 4.74 Å². The second-order valence-electron chi connectivity index (χ2n) is 3.25. The van der Waals surface area contributed by atoms with Crippen LogP contribution in [0, 0.1) is 6.92 Å². The van der Waals surface area contributed by atoms with Gasteiger partial charge in [0.15, 0.2) is 5.78 Å². The predicted octanol–water partition coefficient (Wildman–Crippen LogP) is 2.89. The molecule has 0 amide bonds. The lowest BCUT2D eigenvalue weighted by Gasteiger charge is -2.09. The number of carbonyl (C=O) groups is 2. The first kappa shape index (κ1) is 11.9. The number of hydrogen-bond acceptors (Lipinski definition) is 3. The molecule has 0 atom stereocenters. The van der Waals surface area contributed by atoms with Crippen molar-refractivity contribution in [2.45, 2.75) is 20.8 Å². The highest BCUT2D eigenvalue weighted by atomic mass is 79.9. The van der Waals surface area contributed by atoms with Gasteiger partial charge in [-0.3, -0.25) is 9.59 Å². The molecule has 3 nitrogen and oxygen atoms in total. The average Bonchev–Trinajstić information content (AvgIpc) is 2.10. The number of esters is 1. The summed E-state index contributed by atoms with van der Waals surface area (Å²) in [7, 11) is 0. The Kier molecular flexibility index (Phi) is 3.63. The first-order valence-corrected chi connectivity index (χ1v) is 5.20. The summed E-state index contributed by atoms with van der Waals surface area (Å²) in [5.41, 5.74) is 1.35. The molecule has 0 saturated carbocycles. The van der Waals surface area contributed by atoms with E-state index in [1.165, 1.54) is 13.8 Å². The summed E-state index contributed by atoms with van der Waals surface area (Å²) in [4.78, 5) is 22.0. The molecule has 0 unspecified atom stereocenters. The smallest absolute Gasteiger partial charge is 0.308 e. The molecule has 4 heteroatoms. The van der Waals surface area contributed by atoms with E-state index in [1.54, 1.807) is 19.1 Å². The van der Waals surface area contributed by atoms with Crippen molar-refractivity contribution in [3.63, 3.8) is 0 Å². The maximum absolute atomic E-state index is 11.2. The van der Waals surface area contributed by atoms with Crippen LogP contribution in [0.4, 0.5) is 0 Å². The van der Waals surface area contributed by atoms with Gasteiger partial charge in [-0.15, -0.1) is 0 Å². The monoisotopic (exact) mass is 270 g/mol. The Hall–Kier alpha value is -1.16. The van der Waals surface area contributed by atoms with Crippen molar-refractivity contribution in [3.05, 3.63) is 27.7 Å². The van der Waals surface area contributed by atoms with Crippen LogP contribution in [0.1, 0.15) is 29.8 Å². The van der Waals surface area contributed by atoms with E-state index in [0.29, 0.717) is 15.8 Å². The molecule has 0 aliphatic rings. The first-order valence-electron chi connectivity index (χ1n) is 4.41. The van der Waals surface area contributed by atoms with Crippen LogP contribution in [0.3, 0.4) is 0 Å². The van der Waals surface area contributed by atoms with Gasteiger partial charge >= 0.3 is 5.97 Å². The number of benzene rings is 1. The van der Waals surface area contributed by atoms with Gasteiger partial charge in [-0.25, -0.2) is 0 Å². The Morgan fingerprint density at radius 1 is 1.27 bits per heavy atom. The Balaban J connectivity index is 3.21. The highest BCUT2D eigenvalue weighted by molar-refractivity contribution is 9.10. The maximum atomic E-state index is 11.2. The summed E-state index contributed by atoms with van der Waals surface area (Å²) in [6, 6.07) is 3.35. The number of carbonyl (C=O) groups excluding carboxylic acids is 2. The van der Waals surface area contributed by atoms with Crippen LogP contribution in [0.15, 0.2) is 16.6 Å². The van der Waals surface area contributed by atoms with Crippen LogP contribution in [0.25, 0.3) is 0 Å². The second kappa shape index (κ2) is 4.57. The van der Waals surface area contributed by atoms with E-state index >= 15 is 0 Å². The third-order valence-corrected chi connectivity index (χ3v) is 2.47. The Bertz CT molecular complexity index is 401. The number of halogens is 1. The summed E-state index contributed by atoms with van der Waals surface area (Å²) < 4.78 is 5.63. The molecule has 0 heterocycles. The molecule has 0 aliphatic carbocycles. The van der Waals surface area contributed by atoms with Crippen molar-refractivity contribution in [1.29, 1.82) is 0 Å². The fraction of sp³-hybridized carbons (Fsp3) is 0.273. The van der Waals surface area contributed by atoms with Gasteiger partial charge in [0, 0.05) is 12.5 Å². The molecule has 0 bridgehead atoms. The van der Waals surface area contributed by atoms with E-state index in [4.69, 9.17) is 4.74 Å². The molecule has 1 aromatic rings. The van der Waals surface area contributed by atoms with E-state index in [2.05, 4.69) is 15.9 Å². The molecule has 0 saturated heterocycles. The Morgan fingerprint density at radius 2 is 1.87 bits per heavy atom. The molecule has 15 heavy (non-hydrogen) atoms. The van der Waals surface area contributed by atoms with Gasteiger partial charge in [0.2, 0.25) is 0 Å². The summed E-state index contributed by atoms with van der Waals surface area (Å²) >= 11 is 3.27. The zero-order valence-electron chi connectivity index (χ0n) is 8.76. The second-order valence-corrected chi connectivity index (χ2v) is 4.11. The summed E-state index contributed by atoms with van der Waals surface area (Å²) in [5.74, 6) is 0.0649. The van der Waals surface area contributed by atoms with Crippen molar-refractivity contribution < 1.29 is 14.3 Å². The van der Waals surface area contributed by atoms with Gasteiger partial charge in [0.1, 0.15) is 5.75 Å². The molecule has 0 N–H and O–H groups in total. The van der Waals surface area contributed by atoms with Gasteiger partial charge in [-0.05, 0) is 47.5 Å². The number of aryl methyl sites for hydroxylation is 1. The van der Waals surface area contributed by atoms with E-state index in [9.17, 15) is 9.59 Å². The third kappa shape index (κ3) is 2.89. The van der Waals surface area contributed by atoms with Gasteiger partial charge in [-0.2, -0.15) is 0 Å². The number of rotatable bonds is 2. The zero-order valence-corrected chi connectivity index (χ0v) is 10.3. The molecule has 0 fully saturated rings. The maximum Gasteiger partial charge on any atom is 0.308 e. The molecule has 1 aromatic carbocycles. The summed E-state index contributed by atoms with van der Waals surface area (Å²) in [5, 5.41) is 0. The van der Waals surface area contributed by atoms with Crippen LogP contribution in [-0.4, -0.2) is 11.8 Å². The highest BCUT2D eigenvalue weighted by Gasteiger charge is 2.11. The van der Waals surface area contributed by atoms with Gasteiger partial charge in [0.05, 0.1) is 4.47 Å². The number of hydrogen-bond donors (Lipinski definition) is 0. The van der Waals surface area contributed by atoms with Crippen LogP contribution in [0.5, 0.6) is 5.75 Å². The first-order chi connectivity index (χ1) is 6.91. The molecule has 0 radical (unpaired) electrons. The minimum absolute atomic E-state index is 0.0202. The molecule has 0 aliphatic heterocycles.